The maximum atomic E-state index is 8.52. The molecule has 0 unspecified atom stereocenters. The molecule has 0 amide bonds. The number of rotatable bonds is 0. The van der Waals surface area contributed by atoms with Crippen molar-refractivity contribution in [2.75, 3.05) is 0 Å². The second kappa shape index (κ2) is 30.2. The first-order valence-electron chi connectivity index (χ1n) is 1.33. The molecular weight excluding hydrogens is 360 g/mol. The Bertz CT molecular complexity index is 211. The maximum absolute atomic E-state index is 8.52. The first-order valence-corrected chi connectivity index (χ1v) is 4.00. The summed E-state index contributed by atoms with van der Waals surface area (Å²) in [6, 6.07) is 0. The summed E-state index contributed by atoms with van der Waals surface area (Å²) in [5.74, 6) is 0. The fraction of sp³-hybridized carbons (Fsp3) is 0. The van der Waals surface area contributed by atoms with Gasteiger partial charge in [0.15, 0.2) is 0 Å². The summed E-state index contributed by atoms with van der Waals surface area (Å²) >= 11 is 0. The molecule has 14 N–H and O–H groups in total. The van der Waals surface area contributed by atoms with Crippen LogP contribution in [0.1, 0.15) is 0 Å². The van der Waals surface area contributed by atoms with E-state index < -0.39 is 20.8 Å². The predicted molar refractivity (Wildman–Crippen MR) is 46.2 cm³/mol. The monoisotopic (exact) mass is 374 g/mol. The Kier molecular flexibility index (Phi) is 137. The van der Waals surface area contributed by atoms with Gasteiger partial charge >= 0.3 is 17.1 Å². The van der Waals surface area contributed by atoms with Gasteiger partial charge in [0.1, 0.15) is 0 Å². The third-order valence-electron chi connectivity index (χ3n) is 0. The van der Waals surface area contributed by atoms with E-state index in [0.717, 1.165) is 0 Å². The van der Waals surface area contributed by atoms with E-state index >= 15 is 0 Å². The summed E-state index contributed by atoms with van der Waals surface area (Å²) in [6.07, 6.45) is 0. The van der Waals surface area contributed by atoms with Crippen molar-refractivity contribution in [3.05, 3.63) is 0 Å². The molecule has 0 fully saturated rings. The largest absolute Gasteiger partial charge is 4.00 e. The van der Waals surface area contributed by atoms with E-state index in [1.54, 1.807) is 0 Å². The molecule has 0 aromatic carbocycles. The zero-order valence-electron chi connectivity index (χ0n) is 7.94. The average molecular weight is 374 g/mol. The van der Waals surface area contributed by atoms with Crippen LogP contribution in [0.5, 0.6) is 0 Å². The normalized spacial score (nSPS) is 6.44. The molecule has 0 aliphatic heterocycles. The summed E-state index contributed by atoms with van der Waals surface area (Å²) < 4.78 is 68.2. The minimum atomic E-state index is -5.17. The zero-order chi connectivity index (χ0) is 9.00. The smallest absolute Gasteiger partial charge is 0.759 e. The second-order valence-electron chi connectivity index (χ2n) is 0.816. The predicted octanol–water partition coefficient (Wildman–Crippen LogP) is -8.45. The summed E-state index contributed by atoms with van der Waals surface area (Å²) in [5.41, 5.74) is 0. The molecule has 0 aliphatic rings. The summed E-state index contributed by atoms with van der Waals surface area (Å²) in [4.78, 5) is 0. The molecule has 0 saturated heterocycles. The van der Waals surface area contributed by atoms with Crippen molar-refractivity contribution < 1.29 is 90.4 Å². The van der Waals surface area contributed by atoms with Crippen molar-refractivity contribution >= 4 is 20.8 Å². The molecule has 124 valence electrons. The van der Waals surface area contributed by atoms with Crippen LogP contribution in [-0.2, 0) is 37.9 Å². The summed E-state index contributed by atoms with van der Waals surface area (Å²) in [7, 11) is -10.3. The molecule has 0 atom stereocenters. The molecule has 0 saturated carbocycles. The molecular formula is H14FeO15S2. The zero-order valence-corrected chi connectivity index (χ0v) is 10.7. The standard InChI is InChI=1S/Fe.2H2O4S.7H2O/c;2*1-5(2,3)4;;;;;;;/h;2*(H2,1,2,3,4);7*1H2/q+4;;;;;;;;;/p-4. The van der Waals surface area contributed by atoms with Gasteiger partial charge in [0, 0.05) is 20.8 Å². The summed E-state index contributed by atoms with van der Waals surface area (Å²) in [5, 5.41) is 0. The van der Waals surface area contributed by atoms with E-state index in [-0.39, 0.29) is 55.4 Å². The van der Waals surface area contributed by atoms with Crippen molar-refractivity contribution in [2.24, 2.45) is 0 Å². The van der Waals surface area contributed by atoms with Crippen molar-refractivity contribution in [3.8, 4) is 0 Å². The Hall–Kier alpha value is -0.0205. The average Bonchev–Trinajstić information content (AvgIpc) is 1.12. The fourth-order valence-corrected chi connectivity index (χ4v) is 0. The Balaban J connectivity index is -0.00000000615. The first-order chi connectivity index (χ1) is 4.00. The molecule has 0 rings (SSSR count). The van der Waals surface area contributed by atoms with Gasteiger partial charge in [-0.25, -0.2) is 0 Å². The third kappa shape index (κ3) is 8520000. The van der Waals surface area contributed by atoms with E-state index in [2.05, 4.69) is 0 Å². The third-order valence-corrected chi connectivity index (χ3v) is 0. The van der Waals surface area contributed by atoms with Crippen LogP contribution in [0.4, 0.5) is 0 Å². The Morgan fingerprint density at radius 1 is 0.444 bits per heavy atom. The van der Waals surface area contributed by atoms with Crippen LogP contribution < -0.4 is 0 Å². The van der Waals surface area contributed by atoms with Gasteiger partial charge in [0.25, 0.3) is 0 Å². The van der Waals surface area contributed by atoms with Gasteiger partial charge in [0.2, 0.25) is 0 Å². The van der Waals surface area contributed by atoms with E-state index in [9.17, 15) is 0 Å². The molecule has 0 bridgehead atoms. The Morgan fingerprint density at radius 3 is 0.444 bits per heavy atom. The van der Waals surface area contributed by atoms with Gasteiger partial charge in [-0.05, 0) is 0 Å². The molecule has 0 spiro atoms. The van der Waals surface area contributed by atoms with Crippen LogP contribution >= 0.6 is 0 Å². The Labute approximate surface area is 112 Å². The van der Waals surface area contributed by atoms with Crippen LogP contribution in [0.25, 0.3) is 0 Å². The van der Waals surface area contributed by atoms with Gasteiger partial charge in [-0.15, -0.1) is 0 Å². The van der Waals surface area contributed by atoms with Crippen LogP contribution in [0.15, 0.2) is 0 Å². The van der Waals surface area contributed by atoms with Crippen LogP contribution in [-0.4, -0.2) is 73.4 Å². The maximum Gasteiger partial charge on any atom is 4.00 e. The SMILES string of the molecule is O.O.O.O.O.O.O.O=S(=O)([O-])[O-].O=S(=O)([O-])[O-].[Fe+4]. The Morgan fingerprint density at radius 2 is 0.444 bits per heavy atom. The minimum absolute atomic E-state index is 0. The van der Waals surface area contributed by atoms with Gasteiger partial charge in [0.05, 0.1) is 0 Å². The summed E-state index contributed by atoms with van der Waals surface area (Å²) in [6.45, 7) is 0. The molecule has 0 radical (unpaired) electrons. The molecule has 0 heterocycles. The molecule has 0 aromatic heterocycles. The van der Waals surface area contributed by atoms with Gasteiger partial charge in [-0.2, -0.15) is 0 Å². The van der Waals surface area contributed by atoms with Crippen LogP contribution in [0.3, 0.4) is 0 Å². The number of hydrogen-bond acceptors (Lipinski definition) is 8. The topological polar surface area (TPSA) is 381 Å². The van der Waals surface area contributed by atoms with Gasteiger partial charge < -0.3 is 56.5 Å². The fourth-order valence-electron chi connectivity index (χ4n) is 0. The molecule has 15 nitrogen and oxygen atoms in total. The van der Waals surface area contributed by atoms with E-state index in [0.29, 0.717) is 0 Å². The van der Waals surface area contributed by atoms with Crippen molar-refractivity contribution in [1.29, 1.82) is 0 Å². The van der Waals surface area contributed by atoms with Crippen molar-refractivity contribution in [2.45, 2.75) is 0 Å². The van der Waals surface area contributed by atoms with E-state index in [1.807, 2.05) is 0 Å². The molecule has 18 heteroatoms. The van der Waals surface area contributed by atoms with E-state index in [1.165, 1.54) is 0 Å². The van der Waals surface area contributed by atoms with Crippen molar-refractivity contribution in [1.82, 2.24) is 0 Å². The molecule has 0 aliphatic carbocycles. The first kappa shape index (κ1) is 81.4. The van der Waals surface area contributed by atoms with E-state index in [4.69, 9.17) is 35.0 Å². The molecule has 0 aromatic rings. The molecule has 18 heavy (non-hydrogen) atoms. The van der Waals surface area contributed by atoms with Crippen LogP contribution in [0.2, 0.25) is 0 Å². The van der Waals surface area contributed by atoms with Crippen molar-refractivity contribution in [3.63, 3.8) is 0 Å². The quantitative estimate of drug-likeness (QED) is 0.222. The van der Waals surface area contributed by atoms with Gasteiger partial charge in [-0.1, -0.05) is 0 Å². The minimum Gasteiger partial charge on any atom is -0.759 e. The van der Waals surface area contributed by atoms with Crippen LogP contribution in [0, 0.1) is 0 Å². The number of hydrogen-bond donors (Lipinski definition) is 0. The second-order valence-corrected chi connectivity index (χ2v) is 2.45. The van der Waals surface area contributed by atoms with Gasteiger partial charge in [-0.3, -0.25) is 16.8 Å².